The molecule has 120 valence electrons. The summed E-state index contributed by atoms with van der Waals surface area (Å²) in [5.41, 5.74) is 3.45. The van der Waals surface area contributed by atoms with Crippen molar-refractivity contribution >= 4 is 22.9 Å². The molecule has 0 spiro atoms. The van der Waals surface area contributed by atoms with Gasteiger partial charge in [-0.2, -0.15) is 5.10 Å². The van der Waals surface area contributed by atoms with E-state index >= 15 is 0 Å². The molecule has 0 radical (unpaired) electrons. The van der Waals surface area contributed by atoms with E-state index in [1.54, 1.807) is 25.5 Å². The van der Waals surface area contributed by atoms with Crippen molar-refractivity contribution in [2.75, 3.05) is 7.11 Å². The monoisotopic (exact) mass is 320 g/mol. The normalized spacial score (nSPS) is 10.9. The Morgan fingerprint density at radius 2 is 1.75 bits per heavy atom. The fraction of sp³-hybridized carbons (Fsp3) is 0.0526. The molecule has 0 unspecified atom stereocenters. The Balaban J connectivity index is 1.84. The van der Waals surface area contributed by atoms with Gasteiger partial charge in [-0.15, -0.1) is 0 Å². The fourth-order valence-electron chi connectivity index (χ4n) is 2.47. The number of fused-ring (bicyclic) bond motifs is 1. The highest BCUT2D eigenvalue weighted by atomic mass is 16.5. The highest BCUT2D eigenvalue weighted by molar-refractivity contribution is 6.03. The van der Waals surface area contributed by atoms with Gasteiger partial charge in [-0.05, 0) is 29.7 Å². The van der Waals surface area contributed by atoms with Crippen LogP contribution in [0.4, 0.5) is 0 Å². The van der Waals surface area contributed by atoms with E-state index in [1.165, 1.54) is 12.1 Å². The zero-order chi connectivity index (χ0) is 16.9. The molecule has 0 heterocycles. The molecule has 5 heteroatoms. The lowest BCUT2D eigenvalue weighted by Crippen LogP contribution is -2.17. The summed E-state index contributed by atoms with van der Waals surface area (Å²) in [5, 5.41) is 15.6. The Morgan fingerprint density at radius 3 is 2.50 bits per heavy atom. The number of benzene rings is 3. The van der Waals surface area contributed by atoms with Crippen LogP contribution in [0.5, 0.6) is 11.5 Å². The highest BCUT2D eigenvalue weighted by Gasteiger charge is 2.09. The number of phenols is 1. The van der Waals surface area contributed by atoms with E-state index in [-0.39, 0.29) is 11.3 Å². The Labute approximate surface area is 139 Å². The zero-order valence-electron chi connectivity index (χ0n) is 13.1. The number of rotatable bonds is 4. The molecule has 0 atom stereocenters. The molecule has 0 aromatic heterocycles. The van der Waals surface area contributed by atoms with Gasteiger partial charge in [0.2, 0.25) is 0 Å². The second-order valence-corrected chi connectivity index (χ2v) is 5.12. The smallest absolute Gasteiger partial charge is 0.275 e. The third-order valence-electron chi connectivity index (χ3n) is 3.66. The Bertz CT molecular complexity index is 919. The second kappa shape index (κ2) is 6.83. The molecule has 3 rings (SSSR count). The van der Waals surface area contributed by atoms with Crippen LogP contribution in [0.15, 0.2) is 65.8 Å². The standard InChI is InChI=1S/C19H16N2O3/c1-24-18-11-10-13(14-6-2-3-7-15(14)18)12-20-21-19(23)16-8-4-5-9-17(16)22/h2-12,22H,1H3,(H,21,23)/b20-12-. The van der Waals surface area contributed by atoms with Crippen LogP contribution in [0.25, 0.3) is 10.8 Å². The van der Waals surface area contributed by atoms with Gasteiger partial charge < -0.3 is 9.84 Å². The molecule has 0 aliphatic carbocycles. The van der Waals surface area contributed by atoms with E-state index in [0.717, 1.165) is 22.1 Å². The van der Waals surface area contributed by atoms with Gasteiger partial charge in [0.05, 0.1) is 18.9 Å². The summed E-state index contributed by atoms with van der Waals surface area (Å²) < 4.78 is 5.35. The van der Waals surface area contributed by atoms with E-state index in [2.05, 4.69) is 10.5 Å². The molecule has 0 fully saturated rings. The molecule has 0 aliphatic rings. The summed E-state index contributed by atoms with van der Waals surface area (Å²) >= 11 is 0. The Morgan fingerprint density at radius 1 is 1.04 bits per heavy atom. The van der Waals surface area contributed by atoms with Gasteiger partial charge in [0.1, 0.15) is 11.5 Å². The molecule has 3 aromatic carbocycles. The quantitative estimate of drug-likeness (QED) is 0.572. The number of ether oxygens (including phenoxy) is 1. The third kappa shape index (κ3) is 3.05. The molecule has 24 heavy (non-hydrogen) atoms. The van der Waals surface area contributed by atoms with Crippen molar-refractivity contribution in [2.24, 2.45) is 5.10 Å². The molecule has 3 aromatic rings. The lowest BCUT2D eigenvalue weighted by atomic mass is 10.0. The molecule has 2 N–H and O–H groups in total. The topological polar surface area (TPSA) is 70.9 Å². The van der Waals surface area contributed by atoms with E-state index in [0.29, 0.717) is 0 Å². The number of amides is 1. The van der Waals surface area contributed by atoms with Crippen LogP contribution in [-0.4, -0.2) is 24.3 Å². The van der Waals surface area contributed by atoms with Crippen molar-refractivity contribution in [3.05, 3.63) is 71.8 Å². The van der Waals surface area contributed by atoms with Crippen LogP contribution in [0.2, 0.25) is 0 Å². The molecular weight excluding hydrogens is 304 g/mol. The van der Waals surface area contributed by atoms with Crippen molar-refractivity contribution in [3.8, 4) is 11.5 Å². The van der Waals surface area contributed by atoms with Gasteiger partial charge in [0, 0.05) is 10.9 Å². The van der Waals surface area contributed by atoms with Crippen LogP contribution in [0.1, 0.15) is 15.9 Å². The molecule has 0 aliphatic heterocycles. The van der Waals surface area contributed by atoms with Gasteiger partial charge in [-0.25, -0.2) is 5.43 Å². The van der Waals surface area contributed by atoms with Gasteiger partial charge in [-0.1, -0.05) is 36.4 Å². The van der Waals surface area contributed by atoms with E-state index < -0.39 is 5.91 Å². The van der Waals surface area contributed by atoms with Crippen LogP contribution < -0.4 is 10.2 Å². The summed E-state index contributed by atoms with van der Waals surface area (Å²) in [6.07, 6.45) is 1.57. The lowest BCUT2D eigenvalue weighted by Gasteiger charge is -2.07. The summed E-state index contributed by atoms with van der Waals surface area (Å²) in [6.45, 7) is 0. The minimum Gasteiger partial charge on any atom is -0.507 e. The van der Waals surface area contributed by atoms with Crippen molar-refractivity contribution in [1.82, 2.24) is 5.43 Å². The average Bonchev–Trinajstić information content (AvgIpc) is 2.62. The van der Waals surface area contributed by atoms with E-state index in [9.17, 15) is 9.90 Å². The number of nitrogens with one attached hydrogen (secondary N) is 1. The van der Waals surface area contributed by atoms with Crippen molar-refractivity contribution in [2.45, 2.75) is 0 Å². The first-order chi connectivity index (χ1) is 11.7. The average molecular weight is 320 g/mol. The minimum atomic E-state index is -0.470. The number of phenolic OH excluding ortho intramolecular Hbond substituents is 1. The zero-order valence-corrected chi connectivity index (χ0v) is 13.1. The predicted octanol–water partition coefficient (Wildman–Crippen LogP) is 3.32. The first-order valence-electron chi connectivity index (χ1n) is 7.38. The van der Waals surface area contributed by atoms with Crippen LogP contribution in [0, 0.1) is 0 Å². The van der Waals surface area contributed by atoms with Crippen molar-refractivity contribution in [1.29, 1.82) is 0 Å². The van der Waals surface area contributed by atoms with Crippen LogP contribution >= 0.6 is 0 Å². The maximum atomic E-state index is 12.0. The molecule has 1 amide bonds. The Hall–Kier alpha value is -3.34. The number of carbonyl (C=O) groups excluding carboxylic acids is 1. The summed E-state index contributed by atoms with van der Waals surface area (Å²) in [5.74, 6) is 0.225. The largest absolute Gasteiger partial charge is 0.507 e. The molecule has 5 nitrogen and oxygen atoms in total. The maximum absolute atomic E-state index is 12.0. The Kier molecular flexibility index (Phi) is 4.43. The van der Waals surface area contributed by atoms with Crippen LogP contribution in [0.3, 0.4) is 0 Å². The van der Waals surface area contributed by atoms with Gasteiger partial charge in [-0.3, -0.25) is 4.79 Å². The highest BCUT2D eigenvalue weighted by Crippen LogP contribution is 2.27. The predicted molar refractivity (Wildman–Crippen MR) is 93.7 cm³/mol. The summed E-state index contributed by atoms with van der Waals surface area (Å²) in [7, 11) is 1.63. The first-order valence-corrected chi connectivity index (χ1v) is 7.38. The summed E-state index contributed by atoms with van der Waals surface area (Å²) in [4.78, 5) is 12.0. The van der Waals surface area contributed by atoms with Crippen LogP contribution in [-0.2, 0) is 0 Å². The van der Waals surface area contributed by atoms with Crippen molar-refractivity contribution in [3.63, 3.8) is 0 Å². The number of hydrogen-bond donors (Lipinski definition) is 2. The molecular formula is C19H16N2O3. The first kappa shape index (κ1) is 15.6. The fourth-order valence-corrected chi connectivity index (χ4v) is 2.47. The lowest BCUT2D eigenvalue weighted by molar-refractivity contribution is 0.0952. The number of hydrogen-bond acceptors (Lipinski definition) is 4. The number of para-hydroxylation sites is 1. The van der Waals surface area contributed by atoms with Gasteiger partial charge >= 0.3 is 0 Å². The number of carbonyl (C=O) groups is 1. The van der Waals surface area contributed by atoms with Gasteiger partial charge in [0.25, 0.3) is 5.91 Å². The van der Waals surface area contributed by atoms with E-state index in [4.69, 9.17) is 4.74 Å². The molecule has 0 saturated carbocycles. The van der Waals surface area contributed by atoms with E-state index in [1.807, 2.05) is 36.4 Å². The summed E-state index contributed by atoms with van der Waals surface area (Å²) in [6, 6.07) is 17.8. The SMILES string of the molecule is COc1ccc(/C=N\NC(=O)c2ccccc2O)c2ccccc12. The number of aromatic hydroxyl groups is 1. The van der Waals surface area contributed by atoms with Crippen molar-refractivity contribution < 1.29 is 14.6 Å². The minimum absolute atomic E-state index is 0.0832. The number of methoxy groups -OCH3 is 1. The van der Waals surface area contributed by atoms with Gasteiger partial charge in [0.15, 0.2) is 0 Å². The second-order valence-electron chi connectivity index (χ2n) is 5.12. The maximum Gasteiger partial charge on any atom is 0.275 e. The molecule has 0 bridgehead atoms. The number of nitrogens with zero attached hydrogens (tertiary/aromatic N) is 1. The third-order valence-corrected chi connectivity index (χ3v) is 3.66. The molecule has 0 saturated heterocycles. The number of hydrazone groups is 1.